The highest BCUT2D eigenvalue weighted by molar-refractivity contribution is 5.94. The minimum Gasteiger partial charge on any atom is -0.397 e. The van der Waals surface area contributed by atoms with Crippen molar-refractivity contribution >= 4 is 57.3 Å². The van der Waals surface area contributed by atoms with Gasteiger partial charge in [0.05, 0.1) is 55.9 Å². The molecule has 28 heteroatoms. The molecule has 28 nitrogen and oxygen atoms in total. The summed E-state index contributed by atoms with van der Waals surface area (Å²) in [5.41, 5.74) is 32.4. The summed E-state index contributed by atoms with van der Waals surface area (Å²) in [6, 6.07) is 8.07. The van der Waals surface area contributed by atoms with Crippen LogP contribution in [-0.2, 0) is 23.8 Å². The Bertz CT molecular complexity index is 2910. The number of aliphatic imine (C=N–C) groups is 1. The van der Waals surface area contributed by atoms with E-state index < -0.39 is 105 Å². The van der Waals surface area contributed by atoms with Crippen molar-refractivity contribution < 1.29 is 59.2 Å². The quantitative estimate of drug-likeness (QED) is 0.0501. The molecule has 0 bridgehead atoms. The number of imidazole rings is 2. The number of rotatable bonds is 15. The van der Waals surface area contributed by atoms with E-state index >= 15 is 0 Å². The standard InChI is InChI=1S/C18H19N5O4.C16H24N6O4.C15H25N5O4/c19-11-6-7-20-16-13(11)21-9-23(16)18-14(15(25)12(8-24)27-18)22-17(26)10-4-2-1-3-5-10;1-7(2)10(18)15(25)21-12-13(24)9(5-23)26-16(12)22-6-20-11-8(17)3-4-19-14(11)22;1-3-4-9(16)14(23)19-12-13(22)10(7-21)24-15(12)20-6-5-11(17)18-8(20)2/h1-7,9,12,14-15,18,24-25H,8H2,(H2,19,20)(H,22,26);3-4,6-7,9-10,12-13,16,23-24H,5,18H2,1-2H3,(H2,17,19)(H,21,25);5-6,9-10,12-13,15,21-22H,2-4,7,16H2,1H3,(H2,17,18)(H,19,23)/t12-,14?,15+,18-;9-,10?,12?,13+,16-;9?,10-,12?,13+,15-/m111/s1. The number of aliphatic hydroxyl groups is 6. The summed E-state index contributed by atoms with van der Waals surface area (Å²) >= 11 is 0. The van der Waals surface area contributed by atoms with Crippen LogP contribution >= 0.6 is 0 Å². The second kappa shape index (κ2) is 25.3. The van der Waals surface area contributed by atoms with Gasteiger partial charge in [-0.1, -0.05) is 52.0 Å². The summed E-state index contributed by atoms with van der Waals surface area (Å²) in [5.74, 6) is -0.626. The van der Waals surface area contributed by atoms with Crippen molar-refractivity contribution in [3.63, 3.8) is 0 Å². The lowest BCUT2D eigenvalue weighted by Gasteiger charge is -2.33. The Balaban J connectivity index is 0.000000168. The van der Waals surface area contributed by atoms with Crippen LogP contribution in [0.15, 0.2) is 97.2 Å². The van der Waals surface area contributed by atoms with Crippen LogP contribution < -0.4 is 44.6 Å². The molecule has 3 amide bonds. The first-order valence-electron chi connectivity index (χ1n) is 24.8. The summed E-state index contributed by atoms with van der Waals surface area (Å²) in [5, 5.41) is 68.0. The lowest BCUT2D eigenvalue weighted by molar-refractivity contribution is -0.125. The Kier molecular flexibility index (Phi) is 18.9. The highest BCUT2D eigenvalue weighted by Gasteiger charge is 2.49. The van der Waals surface area contributed by atoms with Gasteiger partial charge < -0.3 is 94.4 Å². The van der Waals surface area contributed by atoms with Gasteiger partial charge in [-0.05, 0) is 42.7 Å². The Morgan fingerprint density at radius 1 is 0.688 bits per heavy atom. The van der Waals surface area contributed by atoms with E-state index in [1.165, 1.54) is 18.9 Å². The van der Waals surface area contributed by atoms with Crippen molar-refractivity contribution in [2.24, 2.45) is 28.1 Å². The molecule has 19 N–H and O–H groups in total. The molecule has 0 spiro atoms. The number of amidine groups is 1. The Labute approximate surface area is 441 Å². The van der Waals surface area contributed by atoms with Crippen LogP contribution in [0.3, 0.4) is 0 Å². The minimum absolute atomic E-state index is 0.0721. The number of aromatic nitrogens is 6. The Morgan fingerprint density at radius 2 is 1.16 bits per heavy atom. The smallest absolute Gasteiger partial charge is 0.251 e. The number of aliphatic hydroxyl groups excluding tert-OH is 6. The highest BCUT2D eigenvalue weighted by atomic mass is 16.6. The first-order valence-corrected chi connectivity index (χ1v) is 24.8. The number of hydrogen-bond donors (Lipinski definition) is 14. The van der Waals surface area contributed by atoms with Gasteiger partial charge in [0.25, 0.3) is 5.91 Å². The molecule has 0 radical (unpaired) electrons. The number of benzene rings is 1. The summed E-state index contributed by atoms with van der Waals surface area (Å²) in [7, 11) is 0. The van der Waals surface area contributed by atoms with Gasteiger partial charge in [-0.25, -0.2) is 24.9 Å². The molecule has 0 aliphatic carbocycles. The van der Waals surface area contributed by atoms with Gasteiger partial charge in [0.15, 0.2) is 30.0 Å². The summed E-state index contributed by atoms with van der Waals surface area (Å²) in [6.45, 7) is 8.20. The molecule has 14 atom stereocenters. The van der Waals surface area contributed by atoms with Crippen LogP contribution in [0, 0.1) is 5.92 Å². The van der Waals surface area contributed by atoms with Gasteiger partial charge in [-0.3, -0.25) is 23.5 Å². The van der Waals surface area contributed by atoms with Gasteiger partial charge >= 0.3 is 0 Å². The molecule has 3 fully saturated rings. The number of hydrogen-bond acceptors (Lipinski definition) is 23. The predicted octanol–water partition coefficient (Wildman–Crippen LogP) is -2.87. The molecule has 0 saturated carbocycles. The maximum atomic E-state index is 12.6. The third-order valence-electron chi connectivity index (χ3n) is 13.3. The molecular formula is C49H68N16O12. The maximum Gasteiger partial charge on any atom is 0.251 e. The molecule has 5 aromatic rings. The summed E-state index contributed by atoms with van der Waals surface area (Å²) in [6.07, 6.45) is 2.23. The zero-order valence-corrected chi connectivity index (χ0v) is 42.5. The monoisotopic (exact) mass is 1070 g/mol. The van der Waals surface area contributed by atoms with Gasteiger partial charge in [0, 0.05) is 24.2 Å². The van der Waals surface area contributed by atoms with Gasteiger partial charge in [-0.15, -0.1) is 0 Å². The summed E-state index contributed by atoms with van der Waals surface area (Å²) < 4.78 is 20.4. The van der Waals surface area contributed by atoms with Gasteiger partial charge in [-0.2, -0.15) is 0 Å². The third kappa shape index (κ3) is 12.5. The van der Waals surface area contributed by atoms with Crippen molar-refractivity contribution in [2.75, 3.05) is 31.3 Å². The fraction of sp³-hybridized carbons (Fsp3) is 0.469. The number of nitrogens with zero attached hydrogens (tertiary/aromatic N) is 8. The Hall–Kier alpha value is -7.22. The van der Waals surface area contributed by atoms with Crippen LogP contribution in [0.5, 0.6) is 0 Å². The topological polar surface area (TPSA) is 443 Å². The number of nitrogens with one attached hydrogen (secondary N) is 3. The van der Waals surface area contributed by atoms with Crippen molar-refractivity contribution in [3.8, 4) is 0 Å². The first kappa shape index (κ1) is 57.5. The van der Waals surface area contributed by atoms with E-state index in [1.807, 2.05) is 26.8 Å². The van der Waals surface area contributed by atoms with E-state index in [1.54, 1.807) is 68.9 Å². The van der Waals surface area contributed by atoms with E-state index in [0.717, 1.165) is 6.42 Å². The van der Waals surface area contributed by atoms with E-state index in [2.05, 4.69) is 47.5 Å². The lowest BCUT2D eigenvalue weighted by Crippen LogP contribution is -2.55. The first-order chi connectivity index (χ1) is 36.8. The van der Waals surface area contributed by atoms with Crippen molar-refractivity contribution in [2.45, 2.75) is 119 Å². The molecule has 9 rings (SSSR count). The molecule has 8 heterocycles. The maximum absolute atomic E-state index is 12.6. The molecular weight excluding hydrogens is 1000 g/mol. The van der Waals surface area contributed by atoms with Gasteiger partial charge in [0.1, 0.15) is 77.4 Å². The fourth-order valence-electron chi connectivity index (χ4n) is 8.97. The second-order valence-corrected chi connectivity index (χ2v) is 18.9. The van der Waals surface area contributed by atoms with Crippen LogP contribution in [0.4, 0.5) is 11.4 Å². The molecule has 4 aliphatic heterocycles. The average molecular weight is 1070 g/mol. The molecule has 4 aliphatic rings. The van der Waals surface area contributed by atoms with Crippen LogP contribution in [-0.4, -0.2) is 181 Å². The van der Waals surface area contributed by atoms with Crippen LogP contribution in [0.2, 0.25) is 0 Å². The zero-order chi connectivity index (χ0) is 55.8. The normalized spacial score (nSPS) is 27.6. The molecule has 416 valence electrons. The predicted molar refractivity (Wildman–Crippen MR) is 279 cm³/mol. The number of nitrogen functional groups attached to an aromatic ring is 2. The van der Waals surface area contributed by atoms with Crippen molar-refractivity contribution in [3.05, 3.63) is 97.8 Å². The number of pyridine rings is 2. The SMILES string of the molecule is C=C1N=C(N)C=CN1[C@@H]1O[C@H](CO)[C@H](O)C1NC(=O)C(N)CCC.CC(C)C(N)C(=O)NC1[C@@H](O)[C@@H](CO)O[C@H]1n1cnc2c(N)ccnc21.Nc1ccnc2c1ncn2[C@@H]1O[C@H](CO)[C@H](O)C1NC(=O)c1ccccc1. The number of carbonyl (C=O) groups excluding carboxylic acids is 3. The van der Waals surface area contributed by atoms with Crippen LogP contribution in [0.25, 0.3) is 22.3 Å². The summed E-state index contributed by atoms with van der Waals surface area (Å²) in [4.78, 5) is 59.8. The van der Waals surface area contributed by atoms with E-state index in [4.69, 9.17) is 42.9 Å². The number of ether oxygens (including phenoxy) is 3. The average Bonchev–Trinajstić information content (AvgIpc) is 4.26. The third-order valence-corrected chi connectivity index (χ3v) is 13.3. The molecule has 4 aromatic heterocycles. The minimum atomic E-state index is -1.12. The lowest BCUT2D eigenvalue weighted by atomic mass is 10.0. The zero-order valence-electron chi connectivity index (χ0n) is 42.5. The van der Waals surface area contributed by atoms with E-state index in [-0.39, 0.29) is 24.3 Å². The fourth-order valence-corrected chi connectivity index (χ4v) is 8.97. The number of amides is 3. The second-order valence-electron chi connectivity index (χ2n) is 18.9. The molecule has 77 heavy (non-hydrogen) atoms. The molecule has 5 unspecified atom stereocenters. The number of nitrogens with two attached hydrogens (primary N) is 5. The number of fused-ring (bicyclic) bond motifs is 2. The molecule has 1 aromatic carbocycles. The Morgan fingerprint density at radius 3 is 1.62 bits per heavy atom. The number of carbonyl (C=O) groups is 3. The van der Waals surface area contributed by atoms with E-state index in [9.17, 15) is 45.0 Å². The largest absolute Gasteiger partial charge is 0.397 e. The van der Waals surface area contributed by atoms with Crippen molar-refractivity contribution in [1.82, 2.24) is 49.9 Å². The van der Waals surface area contributed by atoms with Crippen LogP contribution in [0.1, 0.15) is 56.4 Å². The molecule has 3 saturated heterocycles. The highest BCUT2D eigenvalue weighted by Crippen LogP contribution is 2.34. The number of anilines is 2. The van der Waals surface area contributed by atoms with Gasteiger partial charge in [0.2, 0.25) is 11.8 Å². The van der Waals surface area contributed by atoms with E-state index in [0.29, 0.717) is 57.3 Å². The van der Waals surface area contributed by atoms with Crippen molar-refractivity contribution in [1.29, 1.82) is 0 Å².